The molecule has 0 aliphatic carbocycles. The maximum Gasteiger partial charge on any atom is 0.117 e. The van der Waals surface area contributed by atoms with Crippen LogP contribution in [0.4, 0.5) is 0 Å². The van der Waals surface area contributed by atoms with Crippen LogP contribution in [0.1, 0.15) is 21.3 Å². The molecule has 0 radical (unpaired) electrons. The molecule has 2 aromatic heterocycles. The minimum absolute atomic E-state index is 0.932. The van der Waals surface area contributed by atoms with E-state index >= 15 is 0 Å². The van der Waals surface area contributed by atoms with Crippen molar-refractivity contribution in [3.8, 4) is 0 Å². The van der Waals surface area contributed by atoms with Crippen molar-refractivity contribution in [3.63, 3.8) is 0 Å². The summed E-state index contributed by atoms with van der Waals surface area (Å²) < 4.78 is 0. The third kappa shape index (κ3) is 2.83. The Balaban J connectivity index is 1.96. The minimum Gasteiger partial charge on any atom is -0.261 e. The van der Waals surface area contributed by atoms with E-state index in [0.717, 1.165) is 28.6 Å². The van der Waals surface area contributed by atoms with Crippen molar-refractivity contribution in [1.29, 1.82) is 0 Å². The molecule has 0 atom stereocenters. The van der Waals surface area contributed by atoms with Crippen molar-refractivity contribution < 1.29 is 0 Å². The van der Waals surface area contributed by atoms with E-state index in [1.54, 1.807) is 11.3 Å². The second-order valence-electron chi connectivity index (χ2n) is 3.54. The third-order valence-corrected chi connectivity index (χ3v) is 3.03. The molecule has 0 N–H and O–H groups in total. The van der Waals surface area contributed by atoms with Crippen molar-refractivity contribution in [1.82, 2.24) is 15.2 Å². The molecule has 0 aliphatic rings. The van der Waals surface area contributed by atoms with Gasteiger partial charge in [-0.2, -0.15) is 0 Å². The predicted molar refractivity (Wildman–Crippen MR) is 61.0 cm³/mol. The largest absolute Gasteiger partial charge is 0.261 e. The van der Waals surface area contributed by atoms with Gasteiger partial charge in [-0.15, -0.1) is 21.5 Å². The van der Waals surface area contributed by atoms with Crippen LogP contribution in [0.3, 0.4) is 0 Å². The molecule has 78 valence electrons. The lowest BCUT2D eigenvalue weighted by Crippen LogP contribution is -1.94. The van der Waals surface area contributed by atoms with Gasteiger partial charge in [-0.1, -0.05) is 6.07 Å². The Morgan fingerprint density at radius 2 is 2.00 bits per heavy atom. The van der Waals surface area contributed by atoms with Crippen LogP contribution in [0.2, 0.25) is 0 Å². The van der Waals surface area contributed by atoms with E-state index in [1.807, 2.05) is 20.0 Å². The van der Waals surface area contributed by atoms with E-state index in [-0.39, 0.29) is 0 Å². The number of rotatable bonds is 3. The molecule has 2 rings (SSSR count). The van der Waals surface area contributed by atoms with Crippen LogP contribution < -0.4 is 0 Å². The summed E-state index contributed by atoms with van der Waals surface area (Å²) in [5, 5.41) is 10.2. The number of aryl methyl sites for hydroxylation is 4. The van der Waals surface area contributed by atoms with Gasteiger partial charge >= 0.3 is 0 Å². The van der Waals surface area contributed by atoms with Gasteiger partial charge in [0.05, 0.1) is 0 Å². The monoisotopic (exact) mass is 219 g/mol. The van der Waals surface area contributed by atoms with E-state index in [0.29, 0.717) is 0 Å². The number of nitrogens with zero attached hydrogens (tertiary/aromatic N) is 3. The topological polar surface area (TPSA) is 38.7 Å². The highest BCUT2D eigenvalue weighted by Crippen LogP contribution is 2.11. The SMILES string of the molecule is Cc1ccc(CCc2nnc(C)s2)nc1. The standard InChI is InChI=1S/C11H13N3S/c1-8-3-4-10(12-7-8)5-6-11-14-13-9(2)15-11/h3-4,7H,5-6H2,1-2H3. The first-order chi connectivity index (χ1) is 7.24. The van der Waals surface area contributed by atoms with E-state index in [4.69, 9.17) is 0 Å². The first-order valence-electron chi connectivity index (χ1n) is 4.94. The van der Waals surface area contributed by atoms with Crippen LogP contribution in [0.5, 0.6) is 0 Å². The summed E-state index contributed by atoms with van der Waals surface area (Å²) >= 11 is 1.66. The second kappa shape index (κ2) is 4.49. The Labute approximate surface area is 93.2 Å². The van der Waals surface area contributed by atoms with Gasteiger partial charge in [-0.3, -0.25) is 4.98 Å². The molecule has 4 heteroatoms. The summed E-state index contributed by atoms with van der Waals surface area (Å²) in [5.74, 6) is 0. The summed E-state index contributed by atoms with van der Waals surface area (Å²) in [6.45, 7) is 4.02. The van der Waals surface area contributed by atoms with Crippen molar-refractivity contribution >= 4 is 11.3 Å². The number of pyridine rings is 1. The summed E-state index contributed by atoms with van der Waals surface area (Å²) in [7, 11) is 0. The Morgan fingerprint density at radius 1 is 1.13 bits per heavy atom. The van der Waals surface area contributed by atoms with Gasteiger partial charge in [0.2, 0.25) is 0 Å². The van der Waals surface area contributed by atoms with Crippen LogP contribution in [0, 0.1) is 13.8 Å². The Kier molecular flexibility index (Phi) is 3.06. The molecule has 0 amide bonds. The van der Waals surface area contributed by atoms with E-state index in [2.05, 4.69) is 27.3 Å². The van der Waals surface area contributed by atoms with Crippen molar-refractivity contribution in [2.24, 2.45) is 0 Å². The van der Waals surface area contributed by atoms with Crippen molar-refractivity contribution in [3.05, 3.63) is 39.6 Å². The molecule has 0 spiro atoms. The van der Waals surface area contributed by atoms with Crippen LogP contribution >= 0.6 is 11.3 Å². The van der Waals surface area contributed by atoms with Crippen molar-refractivity contribution in [2.45, 2.75) is 26.7 Å². The molecular formula is C11H13N3S. The average molecular weight is 219 g/mol. The zero-order valence-corrected chi connectivity index (χ0v) is 9.71. The molecule has 0 saturated heterocycles. The van der Waals surface area contributed by atoms with Gasteiger partial charge in [0.15, 0.2) is 0 Å². The van der Waals surface area contributed by atoms with E-state index < -0.39 is 0 Å². The second-order valence-corrected chi connectivity index (χ2v) is 4.81. The van der Waals surface area contributed by atoms with Crippen LogP contribution in [0.15, 0.2) is 18.3 Å². The van der Waals surface area contributed by atoms with E-state index in [1.165, 1.54) is 5.56 Å². The van der Waals surface area contributed by atoms with Crippen LogP contribution in [0.25, 0.3) is 0 Å². The number of hydrogen-bond acceptors (Lipinski definition) is 4. The van der Waals surface area contributed by atoms with Gasteiger partial charge < -0.3 is 0 Å². The van der Waals surface area contributed by atoms with Gasteiger partial charge in [-0.25, -0.2) is 0 Å². The Morgan fingerprint density at radius 3 is 2.60 bits per heavy atom. The molecule has 3 nitrogen and oxygen atoms in total. The summed E-state index contributed by atoms with van der Waals surface area (Å²) in [4.78, 5) is 4.36. The van der Waals surface area contributed by atoms with Gasteiger partial charge in [-0.05, 0) is 31.9 Å². The normalized spacial score (nSPS) is 10.5. The Bertz CT molecular complexity index is 433. The maximum absolute atomic E-state index is 4.36. The lowest BCUT2D eigenvalue weighted by Gasteiger charge is -1.98. The number of hydrogen-bond donors (Lipinski definition) is 0. The predicted octanol–water partition coefficient (Wildman–Crippen LogP) is 2.34. The quantitative estimate of drug-likeness (QED) is 0.795. The molecule has 0 fully saturated rings. The summed E-state index contributed by atoms with van der Waals surface area (Å²) in [6.07, 6.45) is 3.77. The molecule has 2 aromatic rings. The fraction of sp³-hybridized carbons (Fsp3) is 0.364. The fourth-order valence-corrected chi connectivity index (χ4v) is 2.03. The summed E-state index contributed by atoms with van der Waals surface area (Å²) in [5.41, 5.74) is 2.32. The van der Waals surface area contributed by atoms with Gasteiger partial charge in [0.1, 0.15) is 10.0 Å². The zero-order chi connectivity index (χ0) is 10.7. The molecule has 0 aromatic carbocycles. The van der Waals surface area contributed by atoms with E-state index in [9.17, 15) is 0 Å². The fourth-order valence-electron chi connectivity index (χ4n) is 1.32. The zero-order valence-electron chi connectivity index (χ0n) is 8.90. The molecular weight excluding hydrogens is 206 g/mol. The Hall–Kier alpha value is -1.29. The molecule has 15 heavy (non-hydrogen) atoms. The van der Waals surface area contributed by atoms with Crippen LogP contribution in [-0.4, -0.2) is 15.2 Å². The highest BCUT2D eigenvalue weighted by molar-refractivity contribution is 7.11. The maximum atomic E-state index is 4.36. The lowest BCUT2D eigenvalue weighted by molar-refractivity contribution is 0.871. The molecule has 0 unspecified atom stereocenters. The molecule has 2 heterocycles. The lowest BCUT2D eigenvalue weighted by atomic mass is 10.2. The highest BCUT2D eigenvalue weighted by Gasteiger charge is 2.01. The van der Waals surface area contributed by atoms with Gasteiger partial charge in [0, 0.05) is 18.3 Å². The molecule has 0 saturated carbocycles. The molecule has 0 aliphatic heterocycles. The smallest absolute Gasteiger partial charge is 0.117 e. The first-order valence-corrected chi connectivity index (χ1v) is 5.76. The highest BCUT2D eigenvalue weighted by atomic mass is 32.1. The first kappa shape index (κ1) is 10.2. The average Bonchev–Trinajstić information content (AvgIpc) is 2.64. The van der Waals surface area contributed by atoms with Crippen molar-refractivity contribution in [2.75, 3.05) is 0 Å². The van der Waals surface area contributed by atoms with Gasteiger partial charge in [0.25, 0.3) is 0 Å². The summed E-state index contributed by atoms with van der Waals surface area (Å²) in [6, 6.07) is 4.16. The third-order valence-electron chi connectivity index (χ3n) is 2.14. The number of aromatic nitrogens is 3. The minimum atomic E-state index is 0.932. The molecule has 0 bridgehead atoms. The van der Waals surface area contributed by atoms with Crippen LogP contribution in [-0.2, 0) is 12.8 Å².